The summed E-state index contributed by atoms with van der Waals surface area (Å²) in [5, 5.41) is 11.5. The predicted octanol–water partition coefficient (Wildman–Crippen LogP) is 3.29. The van der Waals surface area contributed by atoms with E-state index in [0.717, 1.165) is 11.3 Å². The highest BCUT2D eigenvalue weighted by Gasteiger charge is 2.34. The van der Waals surface area contributed by atoms with Crippen LogP contribution in [0.5, 0.6) is 0 Å². The van der Waals surface area contributed by atoms with Crippen LogP contribution in [0.25, 0.3) is 0 Å². The number of amides is 1. The molecule has 1 unspecified atom stereocenters. The van der Waals surface area contributed by atoms with Crippen molar-refractivity contribution in [2.45, 2.75) is 13.0 Å². The van der Waals surface area contributed by atoms with Crippen LogP contribution in [0.1, 0.15) is 26.2 Å². The molecule has 1 amide bonds. The van der Waals surface area contributed by atoms with E-state index in [2.05, 4.69) is 0 Å². The third kappa shape index (κ3) is 4.42. The predicted molar refractivity (Wildman–Crippen MR) is 109 cm³/mol. The van der Waals surface area contributed by atoms with Crippen LogP contribution in [-0.2, 0) is 9.53 Å². The third-order valence-electron chi connectivity index (χ3n) is 4.89. The van der Waals surface area contributed by atoms with Crippen LogP contribution in [0.15, 0.2) is 30.3 Å². The van der Waals surface area contributed by atoms with Gasteiger partial charge >= 0.3 is 5.97 Å². The van der Waals surface area contributed by atoms with E-state index in [0.29, 0.717) is 46.5 Å². The smallest absolute Gasteiger partial charge is 0.327 e. The zero-order chi connectivity index (χ0) is 21.1. The summed E-state index contributed by atoms with van der Waals surface area (Å²) in [7, 11) is 1.33. The summed E-state index contributed by atoms with van der Waals surface area (Å²) >= 11 is 7.41. The monoisotopic (exact) mass is 437 g/mol. The van der Waals surface area contributed by atoms with Crippen LogP contribution in [0.3, 0.4) is 0 Å². The number of hydrogen-bond donors (Lipinski definition) is 0. The Labute approximate surface area is 176 Å². The summed E-state index contributed by atoms with van der Waals surface area (Å²) in [6.07, 6.45) is 0. The van der Waals surface area contributed by atoms with Gasteiger partial charge in [0.05, 0.1) is 21.8 Å². The number of carbonyl (C=O) groups excluding carboxylic acids is 2. The van der Waals surface area contributed by atoms with Gasteiger partial charge in [0.25, 0.3) is 11.6 Å². The molecule has 1 fully saturated rings. The fraction of sp³-hybridized carbons (Fsp3) is 0.368. The molecule has 1 atom stereocenters. The molecule has 0 aliphatic carbocycles. The zero-order valence-corrected chi connectivity index (χ0v) is 17.5. The molecular weight excluding hydrogens is 418 g/mol. The molecule has 154 valence electrons. The first kappa shape index (κ1) is 21.2. The first-order valence-corrected chi connectivity index (χ1v) is 10.1. The Hall–Kier alpha value is -2.49. The van der Waals surface area contributed by atoms with E-state index < -0.39 is 16.9 Å². The van der Waals surface area contributed by atoms with Crippen LogP contribution >= 0.6 is 22.9 Å². The van der Waals surface area contributed by atoms with Gasteiger partial charge in [-0.15, -0.1) is 11.3 Å². The number of ether oxygens (including phenoxy) is 1. The lowest BCUT2D eigenvalue weighted by Crippen LogP contribution is -2.51. The highest BCUT2D eigenvalue weighted by Crippen LogP contribution is 2.31. The number of thiophene rings is 1. The second-order valence-electron chi connectivity index (χ2n) is 6.58. The maximum Gasteiger partial charge on any atom is 0.327 e. The molecule has 0 radical (unpaired) electrons. The Morgan fingerprint density at radius 3 is 2.45 bits per heavy atom. The van der Waals surface area contributed by atoms with E-state index >= 15 is 0 Å². The van der Waals surface area contributed by atoms with Crippen molar-refractivity contribution < 1.29 is 19.2 Å². The van der Waals surface area contributed by atoms with Gasteiger partial charge in [-0.05, 0) is 18.6 Å². The van der Waals surface area contributed by atoms with E-state index in [9.17, 15) is 19.7 Å². The molecule has 29 heavy (non-hydrogen) atoms. The summed E-state index contributed by atoms with van der Waals surface area (Å²) < 4.78 is 4.97. The van der Waals surface area contributed by atoms with Gasteiger partial charge in [-0.25, -0.2) is 4.79 Å². The van der Waals surface area contributed by atoms with Crippen molar-refractivity contribution in [3.63, 3.8) is 0 Å². The van der Waals surface area contributed by atoms with Gasteiger partial charge < -0.3 is 9.64 Å². The van der Waals surface area contributed by atoms with E-state index in [1.54, 1.807) is 30.0 Å². The minimum atomic E-state index is -0.656. The van der Waals surface area contributed by atoms with Gasteiger partial charge in [-0.3, -0.25) is 19.8 Å². The zero-order valence-electron chi connectivity index (χ0n) is 16.0. The van der Waals surface area contributed by atoms with Crippen LogP contribution in [0, 0.1) is 17.0 Å². The fourth-order valence-corrected chi connectivity index (χ4v) is 4.57. The number of hydrogen-bond acceptors (Lipinski definition) is 7. The maximum atomic E-state index is 12.8. The van der Waals surface area contributed by atoms with E-state index in [1.807, 2.05) is 11.0 Å². The van der Waals surface area contributed by atoms with Crippen molar-refractivity contribution in [3.05, 3.63) is 60.8 Å². The molecular formula is C19H20ClN3O5S. The van der Waals surface area contributed by atoms with Gasteiger partial charge in [-0.2, -0.15) is 0 Å². The molecule has 3 rings (SSSR count). The number of carbonyl (C=O) groups is 2. The average molecular weight is 438 g/mol. The van der Waals surface area contributed by atoms with Gasteiger partial charge in [0.2, 0.25) is 0 Å². The normalized spacial score (nSPS) is 15.8. The molecule has 0 spiro atoms. The Balaban J connectivity index is 1.73. The second-order valence-corrected chi connectivity index (χ2v) is 8.25. The quantitative estimate of drug-likeness (QED) is 0.405. The lowest BCUT2D eigenvalue weighted by Gasteiger charge is -2.38. The Bertz CT molecular complexity index is 940. The minimum Gasteiger partial charge on any atom is -0.468 e. The van der Waals surface area contributed by atoms with Gasteiger partial charge in [0.15, 0.2) is 0 Å². The lowest BCUT2D eigenvalue weighted by molar-refractivity contribution is -0.385. The summed E-state index contributed by atoms with van der Waals surface area (Å²) in [6, 6.07) is 7.78. The second kappa shape index (κ2) is 8.89. The number of benzene rings is 1. The van der Waals surface area contributed by atoms with Crippen molar-refractivity contribution in [3.8, 4) is 0 Å². The van der Waals surface area contributed by atoms with Crippen molar-refractivity contribution in [2.24, 2.45) is 0 Å². The summed E-state index contributed by atoms with van der Waals surface area (Å²) in [5.74, 6) is -0.652. The van der Waals surface area contributed by atoms with Gasteiger partial charge in [0, 0.05) is 37.3 Å². The largest absolute Gasteiger partial charge is 0.468 e. The van der Waals surface area contributed by atoms with Crippen molar-refractivity contribution in [1.82, 2.24) is 9.80 Å². The molecule has 1 aromatic heterocycles. The summed E-state index contributed by atoms with van der Waals surface area (Å²) in [5.41, 5.74) is 0.617. The van der Waals surface area contributed by atoms with Crippen molar-refractivity contribution >= 4 is 40.5 Å². The molecule has 10 heteroatoms. The molecule has 1 aromatic carbocycles. The standard InChI is InChI=1S/C19H20ClN3O5S/c1-12-15(23(26)27)11-16(29-12)18(24)22-9-7-21(8-10-22)17(19(25)28-2)13-5-3-4-6-14(13)20/h3-6,11,17H,7-10H2,1-2H3. The number of rotatable bonds is 5. The minimum absolute atomic E-state index is 0.0403. The van der Waals surface area contributed by atoms with Crippen LogP contribution < -0.4 is 0 Å². The number of methoxy groups -OCH3 is 1. The van der Waals surface area contributed by atoms with Crippen molar-refractivity contribution in [1.29, 1.82) is 0 Å². The van der Waals surface area contributed by atoms with E-state index in [-0.39, 0.29) is 11.6 Å². The highest BCUT2D eigenvalue weighted by atomic mass is 35.5. The molecule has 0 bridgehead atoms. The SMILES string of the molecule is COC(=O)C(c1ccccc1Cl)N1CCN(C(=O)c2cc([N+](=O)[O-])c(C)s2)CC1. The number of nitro groups is 1. The van der Waals surface area contributed by atoms with E-state index in [4.69, 9.17) is 16.3 Å². The first-order valence-electron chi connectivity index (χ1n) is 8.94. The average Bonchev–Trinajstić information content (AvgIpc) is 3.11. The van der Waals surface area contributed by atoms with Crippen LogP contribution in [0.4, 0.5) is 5.69 Å². The van der Waals surface area contributed by atoms with Crippen LogP contribution in [0.2, 0.25) is 5.02 Å². The number of halogens is 1. The molecule has 2 heterocycles. The molecule has 1 aliphatic rings. The molecule has 2 aromatic rings. The first-order chi connectivity index (χ1) is 13.8. The number of piperazine rings is 1. The molecule has 1 aliphatic heterocycles. The van der Waals surface area contributed by atoms with Crippen molar-refractivity contribution in [2.75, 3.05) is 33.3 Å². The Morgan fingerprint density at radius 1 is 1.24 bits per heavy atom. The number of esters is 1. The summed E-state index contributed by atoms with van der Waals surface area (Å²) in [6.45, 7) is 3.30. The molecule has 0 saturated carbocycles. The molecule has 0 N–H and O–H groups in total. The fourth-order valence-electron chi connectivity index (χ4n) is 3.38. The maximum absolute atomic E-state index is 12.8. The molecule has 1 saturated heterocycles. The number of nitrogens with zero attached hydrogens (tertiary/aromatic N) is 3. The highest BCUT2D eigenvalue weighted by molar-refractivity contribution is 7.14. The lowest BCUT2D eigenvalue weighted by atomic mass is 10.0. The van der Waals surface area contributed by atoms with Gasteiger partial charge in [0.1, 0.15) is 6.04 Å². The van der Waals surface area contributed by atoms with Crippen LogP contribution in [-0.4, -0.2) is 59.9 Å². The van der Waals surface area contributed by atoms with E-state index in [1.165, 1.54) is 13.2 Å². The van der Waals surface area contributed by atoms with Gasteiger partial charge in [-0.1, -0.05) is 29.8 Å². The number of aryl methyl sites for hydroxylation is 1. The third-order valence-corrected chi connectivity index (χ3v) is 6.26. The Morgan fingerprint density at radius 2 is 1.90 bits per heavy atom. The topological polar surface area (TPSA) is 93.0 Å². The molecule has 8 nitrogen and oxygen atoms in total. The Kier molecular flexibility index (Phi) is 6.51. The summed E-state index contributed by atoms with van der Waals surface area (Å²) in [4.78, 5) is 40.2.